The average Bonchev–Trinajstić information content (AvgIpc) is 2.49. The van der Waals surface area contributed by atoms with Crippen molar-refractivity contribution >= 4 is 0 Å². The second-order valence-electron chi connectivity index (χ2n) is 5.61. The Morgan fingerprint density at radius 3 is 2.86 bits per heavy atom. The van der Waals surface area contributed by atoms with Gasteiger partial charge in [-0.25, -0.2) is 0 Å². The van der Waals surface area contributed by atoms with Crippen molar-refractivity contribution in [3.63, 3.8) is 0 Å². The van der Waals surface area contributed by atoms with Crippen molar-refractivity contribution in [1.29, 1.82) is 0 Å². The van der Waals surface area contributed by atoms with Gasteiger partial charge in [0.25, 0.3) is 0 Å². The highest BCUT2D eigenvalue weighted by atomic mass is 16.5. The summed E-state index contributed by atoms with van der Waals surface area (Å²) in [5.41, 5.74) is 3.08. The summed E-state index contributed by atoms with van der Waals surface area (Å²) in [5, 5.41) is 11.4. The maximum absolute atomic E-state index is 11.4. The number of aryl methyl sites for hydroxylation is 1. The van der Waals surface area contributed by atoms with Gasteiger partial charge in [0.1, 0.15) is 11.4 Å². The highest BCUT2D eigenvalue weighted by Gasteiger charge is 2.38. The lowest BCUT2D eigenvalue weighted by Gasteiger charge is -2.36. The summed E-state index contributed by atoms with van der Waals surface area (Å²) in [7, 11) is 0. The molecule has 1 aliphatic rings. The fraction of sp³-hybridized carbons (Fsp3) is 0.263. The van der Waals surface area contributed by atoms with E-state index in [-0.39, 0.29) is 0 Å². The van der Waals surface area contributed by atoms with Gasteiger partial charge in [0, 0.05) is 12.0 Å². The van der Waals surface area contributed by atoms with E-state index < -0.39 is 5.60 Å². The van der Waals surface area contributed by atoms with Gasteiger partial charge >= 0.3 is 0 Å². The van der Waals surface area contributed by atoms with Gasteiger partial charge in [-0.05, 0) is 36.6 Å². The zero-order valence-corrected chi connectivity index (χ0v) is 12.3. The molecule has 108 valence electrons. The van der Waals surface area contributed by atoms with Gasteiger partial charge in [-0.1, -0.05) is 42.0 Å². The van der Waals surface area contributed by atoms with Crippen molar-refractivity contribution < 1.29 is 9.84 Å². The second-order valence-corrected chi connectivity index (χ2v) is 5.61. The Hall–Kier alpha value is -2.06. The Morgan fingerprint density at radius 2 is 2.05 bits per heavy atom. The van der Waals surface area contributed by atoms with Crippen molar-refractivity contribution in [2.24, 2.45) is 0 Å². The SMILES string of the molecule is C=CCc1ccccc1C1(O)CCOc2ccc(C)cc21. The minimum Gasteiger partial charge on any atom is -0.493 e. The zero-order chi connectivity index (χ0) is 14.9. The smallest absolute Gasteiger partial charge is 0.125 e. The number of rotatable bonds is 3. The number of ether oxygens (including phenoxy) is 1. The third-order valence-corrected chi connectivity index (χ3v) is 4.13. The van der Waals surface area contributed by atoms with Gasteiger partial charge in [0.05, 0.1) is 6.61 Å². The topological polar surface area (TPSA) is 29.5 Å². The highest BCUT2D eigenvalue weighted by molar-refractivity contribution is 5.50. The van der Waals surface area contributed by atoms with Crippen LogP contribution in [0.2, 0.25) is 0 Å². The van der Waals surface area contributed by atoms with E-state index in [2.05, 4.69) is 12.6 Å². The average molecular weight is 280 g/mol. The van der Waals surface area contributed by atoms with Crippen LogP contribution >= 0.6 is 0 Å². The van der Waals surface area contributed by atoms with E-state index in [1.54, 1.807) is 0 Å². The molecule has 1 atom stereocenters. The quantitative estimate of drug-likeness (QED) is 0.868. The zero-order valence-electron chi connectivity index (χ0n) is 12.3. The number of fused-ring (bicyclic) bond motifs is 1. The van der Waals surface area contributed by atoms with Crippen LogP contribution in [0.1, 0.15) is 28.7 Å². The van der Waals surface area contributed by atoms with Crippen LogP contribution in [-0.2, 0) is 12.0 Å². The molecular weight excluding hydrogens is 260 g/mol. The summed E-state index contributed by atoms with van der Waals surface area (Å²) < 4.78 is 5.72. The van der Waals surface area contributed by atoms with Gasteiger partial charge in [-0.2, -0.15) is 0 Å². The lowest BCUT2D eigenvalue weighted by molar-refractivity contribution is 0.0342. The molecule has 2 aromatic rings. The van der Waals surface area contributed by atoms with Crippen LogP contribution in [0.15, 0.2) is 55.1 Å². The first-order valence-corrected chi connectivity index (χ1v) is 7.31. The van der Waals surface area contributed by atoms with Crippen molar-refractivity contribution in [3.8, 4) is 5.75 Å². The second kappa shape index (κ2) is 5.38. The minimum atomic E-state index is -0.987. The number of allylic oxidation sites excluding steroid dienone is 1. The first kappa shape index (κ1) is 13.9. The third kappa shape index (κ3) is 2.36. The first-order chi connectivity index (χ1) is 10.1. The van der Waals surface area contributed by atoms with E-state index in [1.165, 1.54) is 0 Å². The maximum Gasteiger partial charge on any atom is 0.125 e. The molecule has 0 spiro atoms. The molecule has 0 saturated carbocycles. The number of aliphatic hydroxyl groups is 1. The third-order valence-electron chi connectivity index (χ3n) is 4.13. The fourth-order valence-corrected chi connectivity index (χ4v) is 3.07. The van der Waals surface area contributed by atoms with Crippen LogP contribution in [0, 0.1) is 6.92 Å². The summed E-state index contributed by atoms with van der Waals surface area (Å²) in [4.78, 5) is 0. The molecule has 0 saturated heterocycles. The Kier molecular flexibility index (Phi) is 3.56. The van der Waals surface area contributed by atoms with E-state index in [0.29, 0.717) is 13.0 Å². The number of hydrogen-bond donors (Lipinski definition) is 1. The molecule has 1 N–H and O–H groups in total. The lowest BCUT2D eigenvalue weighted by Crippen LogP contribution is -2.35. The van der Waals surface area contributed by atoms with Crippen LogP contribution in [0.5, 0.6) is 5.75 Å². The number of hydrogen-bond acceptors (Lipinski definition) is 2. The summed E-state index contributed by atoms with van der Waals surface area (Å²) in [5.74, 6) is 0.780. The Bertz CT molecular complexity index is 675. The summed E-state index contributed by atoms with van der Waals surface area (Å²) in [6.07, 6.45) is 3.19. The molecule has 1 aliphatic heterocycles. The fourth-order valence-electron chi connectivity index (χ4n) is 3.07. The molecule has 0 amide bonds. The molecule has 0 aliphatic carbocycles. The van der Waals surface area contributed by atoms with Crippen LogP contribution < -0.4 is 4.74 Å². The predicted octanol–water partition coefficient (Wildman–Crippen LogP) is 3.74. The molecule has 0 bridgehead atoms. The molecule has 1 heterocycles. The van der Waals surface area contributed by atoms with Gasteiger partial charge in [-0.15, -0.1) is 6.58 Å². The number of benzene rings is 2. The molecule has 2 nitrogen and oxygen atoms in total. The monoisotopic (exact) mass is 280 g/mol. The Morgan fingerprint density at radius 1 is 1.24 bits per heavy atom. The van der Waals surface area contributed by atoms with E-state index in [1.807, 2.05) is 49.4 Å². The molecule has 0 fully saturated rings. The lowest BCUT2D eigenvalue weighted by atomic mass is 9.79. The molecule has 2 aromatic carbocycles. The molecular formula is C19H20O2. The van der Waals surface area contributed by atoms with Crippen LogP contribution in [0.3, 0.4) is 0 Å². The summed E-state index contributed by atoms with van der Waals surface area (Å²) >= 11 is 0. The van der Waals surface area contributed by atoms with Crippen molar-refractivity contribution in [1.82, 2.24) is 0 Å². The van der Waals surface area contributed by atoms with Gasteiger partial charge in [-0.3, -0.25) is 0 Å². The largest absolute Gasteiger partial charge is 0.493 e. The van der Waals surface area contributed by atoms with Gasteiger partial charge < -0.3 is 9.84 Å². The molecule has 0 radical (unpaired) electrons. The minimum absolute atomic E-state index is 0.523. The van der Waals surface area contributed by atoms with Crippen molar-refractivity contribution in [2.45, 2.75) is 25.4 Å². The van der Waals surface area contributed by atoms with E-state index in [9.17, 15) is 5.11 Å². The van der Waals surface area contributed by atoms with Crippen molar-refractivity contribution in [2.75, 3.05) is 6.61 Å². The molecule has 0 aromatic heterocycles. The maximum atomic E-state index is 11.4. The first-order valence-electron chi connectivity index (χ1n) is 7.31. The predicted molar refractivity (Wildman–Crippen MR) is 84.6 cm³/mol. The van der Waals surface area contributed by atoms with Crippen LogP contribution in [-0.4, -0.2) is 11.7 Å². The van der Waals surface area contributed by atoms with Crippen molar-refractivity contribution in [3.05, 3.63) is 77.4 Å². The standard InChI is InChI=1S/C19H20O2/c1-3-6-15-7-4-5-8-16(15)19(20)11-12-21-18-10-9-14(2)13-17(18)19/h3-5,7-10,13,20H,1,6,11-12H2,2H3. The Balaban J connectivity index is 2.19. The van der Waals surface area contributed by atoms with E-state index in [0.717, 1.165) is 34.4 Å². The van der Waals surface area contributed by atoms with Gasteiger partial charge in [0.2, 0.25) is 0 Å². The molecule has 2 heteroatoms. The molecule has 3 rings (SSSR count). The summed E-state index contributed by atoms with van der Waals surface area (Å²) in [6, 6.07) is 14.0. The molecule has 1 unspecified atom stereocenters. The molecule has 21 heavy (non-hydrogen) atoms. The van der Waals surface area contributed by atoms with E-state index >= 15 is 0 Å². The van der Waals surface area contributed by atoms with E-state index in [4.69, 9.17) is 4.74 Å². The normalized spacial score (nSPS) is 20.5. The highest BCUT2D eigenvalue weighted by Crippen LogP contribution is 2.43. The van der Waals surface area contributed by atoms with Crippen LogP contribution in [0.4, 0.5) is 0 Å². The van der Waals surface area contributed by atoms with Gasteiger partial charge in [0.15, 0.2) is 0 Å². The van der Waals surface area contributed by atoms with Crippen LogP contribution in [0.25, 0.3) is 0 Å². The summed E-state index contributed by atoms with van der Waals surface area (Å²) in [6.45, 7) is 6.37. The Labute approximate surface area is 125 Å².